The van der Waals surface area contributed by atoms with Crippen LogP contribution in [0.25, 0.3) is 0 Å². The number of aliphatic hydroxyl groups excluding tert-OH is 4. The van der Waals surface area contributed by atoms with E-state index in [-0.39, 0.29) is 51.4 Å². The van der Waals surface area contributed by atoms with E-state index in [1.807, 2.05) is 0 Å². The molecule has 12 atom stereocenters. The van der Waals surface area contributed by atoms with Gasteiger partial charge in [-0.2, -0.15) is 0 Å². The molecule has 0 bridgehead atoms. The Bertz CT molecular complexity index is 1100. The summed E-state index contributed by atoms with van der Waals surface area (Å²) in [4.78, 5) is 77.4. The monoisotopic (exact) mass is 844 g/mol. The summed E-state index contributed by atoms with van der Waals surface area (Å²) in [5.74, 6) is -2.78. The van der Waals surface area contributed by atoms with Crippen molar-refractivity contribution in [3.05, 3.63) is 0 Å². The highest BCUT2D eigenvalue weighted by Gasteiger charge is 2.50. The first-order valence-electron chi connectivity index (χ1n) is 17.3. The summed E-state index contributed by atoms with van der Waals surface area (Å²) in [5, 5.41) is 61.4. The molecule has 2 aliphatic heterocycles. The Balaban J connectivity index is 2.19. The summed E-state index contributed by atoms with van der Waals surface area (Å²) >= 11 is 0. The molecule has 2 saturated heterocycles. The SMILES string of the molecule is COCC1OC(OCC2OC(C)C(O)C(OCC(=O)O)C2OCC(O)COCCC[Si](O)(O)O)C(OCC(=O)O)C(O)C1OCC(O)OCCC[Si](O)(O)O. The van der Waals surface area contributed by atoms with Crippen LogP contribution < -0.4 is 0 Å². The lowest BCUT2D eigenvalue weighted by atomic mass is 9.95. The molecule has 0 spiro atoms. The third-order valence-electron chi connectivity index (χ3n) is 8.06. The second-order valence-corrected chi connectivity index (χ2v) is 17.0. The fourth-order valence-corrected chi connectivity index (χ4v) is 6.78. The molecule has 26 heteroatoms. The van der Waals surface area contributed by atoms with Crippen molar-refractivity contribution in [2.75, 3.05) is 66.6 Å². The standard InChI is InChI=1S/C29H56O24Si2/c1-16-23(36)27(48-13-20(31)32)26(47-10-17(30)9-45-5-3-7-54(38,39)40)19(52-16)12-51-29-28(49-14-21(33)34)24(37)25(18(53-29)11-44-2)50-15-22(35)46-6-4-8-55(41,42)43/h16-19,22-30,35-43H,3-15H2,1-2H3,(H,31,32)(H,33,34). The lowest BCUT2D eigenvalue weighted by molar-refractivity contribution is -0.331. The average Bonchev–Trinajstić information content (AvgIpc) is 3.07. The number of aliphatic hydroxyl groups is 4. The van der Waals surface area contributed by atoms with Gasteiger partial charge in [-0.1, -0.05) is 0 Å². The summed E-state index contributed by atoms with van der Waals surface area (Å²) in [7, 11) is -7.25. The lowest BCUT2D eigenvalue weighted by Crippen LogP contribution is -2.63. The number of rotatable bonds is 28. The number of ether oxygens (including phenoxy) is 10. The van der Waals surface area contributed by atoms with Crippen LogP contribution in [0.1, 0.15) is 19.8 Å². The highest BCUT2D eigenvalue weighted by Crippen LogP contribution is 2.30. The van der Waals surface area contributed by atoms with Gasteiger partial charge in [0.15, 0.2) is 12.6 Å². The Hall–Kier alpha value is -1.43. The van der Waals surface area contributed by atoms with Gasteiger partial charge in [0.1, 0.15) is 68.1 Å². The normalized spacial score (nSPS) is 30.3. The molecule has 324 valence electrons. The van der Waals surface area contributed by atoms with Crippen LogP contribution in [0, 0.1) is 0 Å². The number of carboxylic acids is 2. The smallest absolute Gasteiger partial charge is 0.480 e. The van der Waals surface area contributed by atoms with E-state index in [1.165, 1.54) is 14.0 Å². The van der Waals surface area contributed by atoms with E-state index in [0.29, 0.717) is 0 Å². The Kier molecular flexibility index (Phi) is 22.1. The molecule has 0 aromatic heterocycles. The number of methoxy groups -OCH3 is 1. The van der Waals surface area contributed by atoms with Crippen molar-refractivity contribution in [2.24, 2.45) is 0 Å². The van der Waals surface area contributed by atoms with Gasteiger partial charge in [-0.05, 0) is 19.8 Å². The molecule has 0 aliphatic carbocycles. The maximum atomic E-state index is 11.4. The van der Waals surface area contributed by atoms with Gasteiger partial charge >= 0.3 is 29.5 Å². The van der Waals surface area contributed by atoms with E-state index in [1.54, 1.807) is 0 Å². The van der Waals surface area contributed by atoms with Crippen LogP contribution in [0.15, 0.2) is 0 Å². The number of aliphatic carboxylic acids is 2. The third-order valence-corrected chi connectivity index (χ3v) is 10.1. The van der Waals surface area contributed by atoms with Crippen LogP contribution in [0.4, 0.5) is 0 Å². The molecule has 2 heterocycles. The fourth-order valence-electron chi connectivity index (χ4n) is 5.54. The van der Waals surface area contributed by atoms with Crippen LogP contribution in [-0.4, -0.2) is 229 Å². The Morgan fingerprint density at radius 2 is 1.24 bits per heavy atom. The van der Waals surface area contributed by atoms with Crippen molar-refractivity contribution >= 4 is 29.5 Å². The van der Waals surface area contributed by atoms with Gasteiger partial charge in [-0.25, -0.2) is 9.59 Å². The molecule has 2 aliphatic rings. The predicted octanol–water partition coefficient (Wildman–Crippen LogP) is -6.08. The van der Waals surface area contributed by atoms with E-state index in [0.717, 1.165) is 0 Å². The molecule has 0 aromatic rings. The highest BCUT2D eigenvalue weighted by molar-refractivity contribution is 6.56. The summed E-state index contributed by atoms with van der Waals surface area (Å²) < 4.78 is 55.8. The second kappa shape index (κ2) is 24.5. The predicted molar refractivity (Wildman–Crippen MR) is 180 cm³/mol. The maximum absolute atomic E-state index is 11.4. The van der Waals surface area contributed by atoms with Crippen LogP contribution in [0.3, 0.4) is 0 Å². The maximum Gasteiger partial charge on any atom is 0.492 e. The molecule has 2 fully saturated rings. The zero-order chi connectivity index (χ0) is 41.3. The molecule has 24 nitrogen and oxygen atoms in total. The van der Waals surface area contributed by atoms with Crippen molar-refractivity contribution in [1.29, 1.82) is 0 Å². The molecule has 2 rings (SSSR count). The largest absolute Gasteiger partial charge is 0.492 e. The summed E-state index contributed by atoms with van der Waals surface area (Å²) in [6.07, 6.45) is -16.2. The fraction of sp³-hybridized carbons (Fsp3) is 0.931. The first-order chi connectivity index (χ1) is 25.7. The molecule has 0 amide bonds. The third kappa shape index (κ3) is 19.3. The number of carbonyl (C=O) groups is 2. The van der Waals surface area contributed by atoms with E-state index in [2.05, 4.69) is 0 Å². The minimum atomic E-state index is -4.30. The molecular weight excluding hydrogens is 788 g/mol. The van der Waals surface area contributed by atoms with Crippen LogP contribution in [0.5, 0.6) is 0 Å². The summed E-state index contributed by atoms with van der Waals surface area (Å²) in [5.41, 5.74) is 0. The molecule has 12 N–H and O–H groups in total. The molecule has 55 heavy (non-hydrogen) atoms. The van der Waals surface area contributed by atoms with Gasteiger partial charge in [0.25, 0.3) is 0 Å². The van der Waals surface area contributed by atoms with Crippen molar-refractivity contribution in [3.8, 4) is 0 Å². The van der Waals surface area contributed by atoms with Gasteiger partial charge in [-0.3, -0.25) is 0 Å². The minimum Gasteiger partial charge on any atom is -0.480 e. The summed E-state index contributed by atoms with van der Waals surface area (Å²) in [6.45, 7) is -2.55. The van der Waals surface area contributed by atoms with E-state index in [9.17, 15) is 40.2 Å². The number of carboxylic acid groups (broad SMARTS) is 2. The highest BCUT2D eigenvalue weighted by atomic mass is 28.4. The molecule has 0 saturated carbocycles. The number of hydrogen-bond acceptors (Lipinski definition) is 22. The Labute approximate surface area is 317 Å². The number of hydrogen-bond donors (Lipinski definition) is 12. The molecule has 0 radical (unpaired) electrons. The van der Waals surface area contributed by atoms with Crippen LogP contribution >= 0.6 is 0 Å². The Morgan fingerprint density at radius 3 is 1.82 bits per heavy atom. The molecular formula is C29H56O24Si2. The van der Waals surface area contributed by atoms with Gasteiger partial charge in [0.05, 0.1) is 39.1 Å². The van der Waals surface area contributed by atoms with Gasteiger partial charge < -0.3 is 107 Å². The second-order valence-electron chi connectivity index (χ2n) is 12.9. The van der Waals surface area contributed by atoms with E-state index in [4.69, 9.17) is 76.1 Å². The van der Waals surface area contributed by atoms with Gasteiger partial charge in [-0.15, -0.1) is 0 Å². The van der Waals surface area contributed by atoms with Crippen molar-refractivity contribution in [3.63, 3.8) is 0 Å². The van der Waals surface area contributed by atoms with Crippen LogP contribution in [0.2, 0.25) is 12.1 Å². The van der Waals surface area contributed by atoms with Gasteiger partial charge in [0, 0.05) is 32.4 Å². The van der Waals surface area contributed by atoms with Gasteiger partial charge in [0.2, 0.25) is 0 Å². The van der Waals surface area contributed by atoms with E-state index >= 15 is 0 Å². The van der Waals surface area contributed by atoms with Crippen LogP contribution in [-0.2, 0) is 57.0 Å². The average molecular weight is 845 g/mol. The summed E-state index contributed by atoms with van der Waals surface area (Å²) in [6, 6.07) is -0.622. The molecule has 12 unspecified atom stereocenters. The topological polar surface area (TPSA) is 369 Å². The first-order valence-corrected chi connectivity index (χ1v) is 21.4. The quantitative estimate of drug-likeness (QED) is 0.0198. The van der Waals surface area contributed by atoms with Crippen molar-refractivity contribution in [2.45, 2.75) is 105 Å². The van der Waals surface area contributed by atoms with Crippen molar-refractivity contribution in [1.82, 2.24) is 0 Å². The molecule has 0 aromatic carbocycles. The van der Waals surface area contributed by atoms with Crippen molar-refractivity contribution < 1.29 is 116 Å². The Morgan fingerprint density at radius 1 is 0.673 bits per heavy atom. The zero-order valence-corrected chi connectivity index (χ0v) is 32.4. The lowest BCUT2D eigenvalue weighted by Gasteiger charge is -2.46. The van der Waals surface area contributed by atoms with E-state index < -0.39 is 136 Å². The minimum absolute atomic E-state index is 0.0000492. The zero-order valence-electron chi connectivity index (χ0n) is 30.4. The first kappa shape index (κ1) is 49.7.